The molecule has 3 aliphatic rings. The lowest BCUT2D eigenvalue weighted by Gasteiger charge is -2.26. The molecule has 0 radical (unpaired) electrons. The van der Waals surface area contributed by atoms with Crippen LogP contribution in [0.5, 0.6) is 11.5 Å². The molecular weight excluding hydrogens is 863 g/mol. The van der Waals surface area contributed by atoms with Crippen LogP contribution in [0.15, 0.2) is 206 Å². The molecule has 0 saturated heterocycles. The number of nitrogens with zero attached hydrogens (tertiary/aromatic N) is 3. The minimum atomic E-state index is -0.425. The third-order valence-electron chi connectivity index (χ3n) is 13.8. The van der Waals surface area contributed by atoms with Crippen molar-refractivity contribution in [2.24, 2.45) is 0 Å². The van der Waals surface area contributed by atoms with Gasteiger partial charge in [0.25, 0.3) is 0 Å². The number of allylic oxidation sites excluding steroid dienone is 8. The predicted octanol–water partition coefficient (Wildman–Crippen LogP) is 14.1. The van der Waals surface area contributed by atoms with Gasteiger partial charge in [0.05, 0.1) is 0 Å². The number of hydrogen-bond donors (Lipinski definition) is 0. The lowest BCUT2D eigenvalue weighted by atomic mass is 9.83. The Hall–Kier alpha value is -8.03. The summed E-state index contributed by atoms with van der Waals surface area (Å²) in [6.07, 6.45) is 14.0. The van der Waals surface area contributed by atoms with Crippen LogP contribution in [0, 0.1) is 13.8 Å². The molecule has 7 nitrogen and oxygen atoms in total. The van der Waals surface area contributed by atoms with E-state index in [1.54, 1.807) is 36.4 Å². The molecule has 350 valence electrons. The molecule has 70 heavy (non-hydrogen) atoms. The van der Waals surface area contributed by atoms with E-state index in [1.807, 2.05) is 36.4 Å². The number of para-hydroxylation sites is 2. The van der Waals surface area contributed by atoms with E-state index in [1.165, 1.54) is 0 Å². The van der Waals surface area contributed by atoms with Gasteiger partial charge in [0.2, 0.25) is 17.1 Å². The van der Waals surface area contributed by atoms with Crippen molar-refractivity contribution in [1.82, 2.24) is 4.58 Å². The summed E-state index contributed by atoms with van der Waals surface area (Å²) in [5.41, 5.74) is 15.2. The third kappa shape index (κ3) is 9.40. The minimum absolute atomic E-state index is 0.0382. The maximum absolute atomic E-state index is 13.8. The number of carbonyl (C=O) groups excluding carboxylic acids is 2. The minimum Gasteiger partial charge on any atom is -0.425 e. The highest BCUT2D eigenvalue weighted by molar-refractivity contribution is 6.17. The Morgan fingerprint density at radius 3 is 1.30 bits per heavy atom. The molecule has 0 aromatic heterocycles. The van der Waals surface area contributed by atoms with Gasteiger partial charge in [-0.15, -0.1) is 0 Å². The fourth-order valence-corrected chi connectivity index (χ4v) is 10.1. The molecule has 0 amide bonds. The Balaban J connectivity index is 1.15. The van der Waals surface area contributed by atoms with Gasteiger partial charge in [-0.05, 0) is 97.5 Å². The second-order valence-electron chi connectivity index (χ2n) is 19.3. The van der Waals surface area contributed by atoms with E-state index >= 15 is 0 Å². The van der Waals surface area contributed by atoms with Crippen molar-refractivity contribution < 1.29 is 19.1 Å². The molecule has 0 unspecified atom stereocenters. The number of ether oxygens (including phenoxy) is 2. The topological polar surface area (TPSA) is 62.1 Å². The first kappa shape index (κ1) is 47.1. The molecule has 7 heteroatoms. The van der Waals surface area contributed by atoms with Crippen molar-refractivity contribution in [2.75, 3.05) is 22.9 Å². The standard InChI is InChI=1S/C63H60N3O4/c1-9-45-23-31-51(32-24-45)69-59(67)41-64-55-35-21-43(3)39-53(55)62(5,6)57(64)37-29-47-27-28-48(61(47)66(49-17-13-11-14-18-49)50-19-15-12-16-20-50)30-38-58-63(7,8)54-40-44(4)22-36-56(54)65(58)42-60(68)70-52-33-25-46(10-2)26-34-52/h9-26,29-40H,1-2,27-28,41-42H2,3-8H3/q+1. The summed E-state index contributed by atoms with van der Waals surface area (Å²) < 4.78 is 14.2. The largest absolute Gasteiger partial charge is 0.425 e. The molecule has 2 heterocycles. The number of aryl methyl sites for hydroxylation is 2. The molecule has 2 aliphatic heterocycles. The van der Waals surface area contributed by atoms with Crippen LogP contribution >= 0.6 is 0 Å². The zero-order valence-corrected chi connectivity index (χ0v) is 41.0. The number of anilines is 2. The van der Waals surface area contributed by atoms with Gasteiger partial charge in [0.1, 0.15) is 24.6 Å². The lowest BCUT2D eigenvalue weighted by molar-refractivity contribution is -0.133. The number of hydrogen-bond acceptors (Lipinski definition) is 6. The summed E-state index contributed by atoms with van der Waals surface area (Å²) in [6.45, 7) is 20.9. The molecular formula is C63H60N3O4+. The molecule has 6 aromatic rings. The van der Waals surface area contributed by atoms with Crippen molar-refractivity contribution >= 4 is 52.6 Å². The Bertz CT molecular complexity index is 2960. The van der Waals surface area contributed by atoms with Gasteiger partial charge in [-0.3, -0.25) is 0 Å². The average molecular weight is 923 g/mol. The molecule has 1 fully saturated rings. The molecule has 0 atom stereocenters. The fourth-order valence-electron chi connectivity index (χ4n) is 10.1. The molecule has 0 spiro atoms. The smallest absolute Gasteiger partial charge is 0.331 e. The molecule has 9 rings (SSSR count). The average Bonchev–Trinajstić information content (AvgIpc) is 3.91. The van der Waals surface area contributed by atoms with E-state index in [2.05, 4.69) is 178 Å². The highest BCUT2D eigenvalue weighted by Crippen LogP contribution is 2.50. The molecule has 6 aromatic carbocycles. The predicted molar refractivity (Wildman–Crippen MR) is 288 cm³/mol. The maximum Gasteiger partial charge on any atom is 0.331 e. The highest BCUT2D eigenvalue weighted by Gasteiger charge is 2.43. The first-order valence-corrected chi connectivity index (χ1v) is 24.0. The van der Waals surface area contributed by atoms with Crippen molar-refractivity contribution in [3.8, 4) is 11.5 Å². The van der Waals surface area contributed by atoms with Crippen LogP contribution < -0.4 is 23.8 Å². The third-order valence-corrected chi connectivity index (χ3v) is 13.8. The zero-order chi connectivity index (χ0) is 49.2. The highest BCUT2D eigenvalue weighted by atomic mass is 16.5. The number of esters is 2. The monoisotopic (exact) mass is 922 g/mol. The number of rotatable bonds is 12. The maximum atomic E-state index is 13.8. The van der Waals surface area contributed by atoms with Crippen LogP contribution in [-0.2, 0) is 20.4 Å². The second kappa shape index (κ2) is 19.5. The van der Waals surface area contributed by atoms with E-state index < -0.39 is 10.8 Å². The van der Waals surface area contributed by atoms with Crippen LogP contribution in [0.1, 0.15) is 73.9 Å². The summed E-state index contributed by atoms with van der Waals surface area (Å²) in [5.74, 6) is 0.281. The van der Waals surface area contributed by atoms with Crippen molar-refractivity contribution in [2.45, 2.75) is 65.2 Å². The van der Waals surface area contributed by atoms with Crippen LogP contribution in [0.3, 0.4) is 0 Å². The van der Waals surface area contributed by atoms with Crippen molar-refractivity contribution in [3.05, 3.63) is 239 Å². The molecule has 1 aliphatic carbocycles. The van der Waals surface area contributed by atoms with Crippen LogP contribution in [-0.4, -0.2) is 30.7 Å². The first-order valence-electron chi connectivity index (χ1n) is 24.0. The normalized spacial score (nSPS) is 17.8. The summed E-state index contributed by atoms with van der Waals surface area (Å²) in [6, 6.07) is 48.7. The molecule has 1 saturated carbocycles. The number of carbonyl (C=O) groups is 2. The van der Waals surface area contributed by atoms with Gasteiger partial charge in [-0.25, -0.2) is 9.59 Å². The van der Waals surface area contributed by atoms with Gasteiger partial charge >= 0.3 is 11.9 Å². The van der Waals surface area contributed by atoms with Gasteiger partial charge in [0.15, 0.2) is 0 Å². The van der Waals surface area contributed by atoms with Gasteiger partial charge in [-0.1, -0.05) is 161 Å². The van der Waals surface area contributed by atoms with E-state index in [0.29, 0.717) is 11.5 Å². The van der Waals surface area contributed by atoms with Gasteiger partial charge in [0, 0.05) is 69.0 Å². The van der Waals surface area contributed by atoms with Crippen LogP contribution in [0.4, 0.5) is 22.7 Å². The fraction of sp³-hybridized carbons (Fsp3) is 0.190. The van der Waals surface area contributed by atoms with E-state index in [4.69, 9.17) is 9.47 Å². The van der Waals surface area contributed by atoms with E-state index in [9.17, 15) is 9.59 Å². The Labute approximate surface area is 413 Å². The Morgan fingerprint density at radius 2 is 0.929 bits per heavy atom. The quantitative estimate of drug-likeness (QED) is 0.0692. The second-order valence-corrected chi connectivity index (χ2v) is 19.3. The SMILES string of the molecule is C=Cc1ccc(OC(=O)CN2C(=CC=C3CCC(=CC=C4N(CC(=O)Oc5ccc(C=C)cc5)c5ccc(C)cc5C4(C)C)C3=[N+](c3ccccc3)c3ccccc3)C(C)(C)c3cc(C)ccc32)cc1. The summed E-state index contributed by atoms with van der Waals surface area (Å²) >= 11 is 0. The first-order chi connectivity index (χ1) is 33.7. The van der Waals surface area contributed by atoms with E-state index in [-0.39, 0.29) is 25.0 Å². The lowest BCUT2D eigenvalue weighted by Crippen LogP contribution is -2.33. The summed E-state index contributed by atoms with van der Waals surface area (Å²) in [5, 5.41) is 0. The number of benzene rings is 6. The van der Waals surface area contributed by atoms with Crippen molar-refractivity contribution in [3.63, 3.8) is 0 Å². The van der Waals surface area contributed by atoms with Crippen LogP contribution in [0.25, 0.3) is 12.2 Å². The van der Waals surface area contributed by atoms with E-state index in [0.717, 1.165) is 97.2 Å². The molecule has 0 bridgehead atoms. The van der Waals surface area contributed by atoms with Crippen molar-refractivity contribution in [1.29, 1.82) is 0 Å². The summed E-state index contributed by atoms with van der Waals surface area (Å²) in [7, 11) is 0. The molecule has 0 N–H and O–H groups in total. The Morgan fingerprint density at radius 1 is 0.543 bits per heavy atom. The zero-order valence-electron chi connectivity index (χ0n) is 41.0. The van der Waals surface area contributed by atoms with Crippen LogP contribution in [0.2, 0.25) is 0 Å². The number of fused-ring (bicyclic) bond motifs is 2. The Kier molecular flexibility index (Phi) is 13.1. The van der Waals surface area contributed by atoms with Gasteiger partial charge in [-0.2, -0.15) is 4.58 Å². The summed E-state index contributed by atoms with van der Waals surface area (Å²) in [4.78, 5) is 31.9. The van der Waals surface area contributed by atoms with Gasteiger partial charge < -0.3 is 19.3 Å².